The second-order valence-electron chi connectivity index (χ2n) is 7.59. The van der Waals surface area contributed by atoms with E-state index in [1.807, 2.05) is 31.2 Å². The lowest BCUT2D eigenvalue weighted by atomic mass is 9.99. The standard InChI is InChI=1S/C27H23BrN2O2/c1-18-3-10-22(11-4-18)30(24-14-8-21(28)9-15-24)23-12-6-20(7-13-23)26-17-25(32-27(29)31)16-5-19(26)2/h3-17H,1-2H3,(H2,29,31). The fourth-order valence-electron chi connectivity index (χ4n) is 3.61. The van der Waals surface area contributed by atoms with Crippen LogP contribution in [0, 0.1) is 13.8 Å². The second-order valence-corrected chi connectivity index (χ2v) is 8.51. The Morgan fingerprint density at radius 2 is 1.31 bits per heavy atom. The van der Waals surface area contributed by atoms with Gasteiger partial charge in [-0.3, -0.25) is 0 Å². The third kappa shape index (κ3) is 4.84. The molecular formula is C27H23BrN2O2. The molecule has 0 saturated heterocycles. The van der Waals surface area contributed by atoms with Gasteiger partial charge >= 0.3 is 6.09 Å². The van der Waals surface area contributed by atoms with Crippen LogP contribution in [0.1, 0.15) is 11.1 Å². The summed E-state index contributed by atoms with van der Waals surface area (Å²) >= 11 is 3.52. The van der Waals surface area contributed by atoms with Crippen LogP contribution in [0.5, 0.6) is 5.75 Å². The predicted molar refractivity (Wildman–Crippen MR) is 134 cm³/mol. The van der Waals surface area contributed by atoms with Crippen LogP contribution in [0.3, 0.4) is 0 Å². The Balaban J connectivity index is 1.73. The topological polar surface area (TPSA) is 55.6 Å². The van der Waals surface area contributed by atoms with Crippen molar-refractivity contribution in [3.8, 4) is 16.9 Å². The van der Waals surface area contributed by atoms with E-state index < -0.39 is 6.09 Å². The van der Waals surface area contributed by atoms with E-state index in [0.29, 0.717) is 5.75 Å². The minimum absolute atomic E-state index is 0.429. The van der Waals surface area contributed by atoms with Crippen LogP contribution < -0.4 is 15.4 Å². The largest absolute Gasteiger partial charge is 0.410 e. The summed E-state index contributed by atoms with van der Waals surface area (Å²) in [5, 5.41) is 0. The van der Waals surface area contributed by atoms with Crippen LogP contribution in [-0.2, 0) is 0 Å². The van der Waals surface area contributed by atoms with E-state index in [1.54, 1.807) is 6.07 Å². The molecule has 0 aliphatic heterocycles. The summed E-state index contributed by atoms with van der Waals surface area (Å²) in [5.41, 5.74) is 12.7. The van der Waals surface area contributed by atoms with Crippen LogP contribution in [0.2, 0.25) is 0 Å². The number of carbonyl (C=O) groups is 1. The molecular weight excluding hydrogens is 464 g/mol. The van der Waals surface area contributed by atoms with Gasteiger partial charge in [0.05, 0.1) is 0 Å². The van der Waals surface area contributed by atoms with Crippen molar-refractivity contribution in [2.24, 2.45) is 5.73 Å². The Hall–Kier alpha value is -3.57. The number of ether oxygens (including phenoxy) is 1. The minimum Gasteiger partial charge on any atom is -0.410 e. The summed E-state index contributed by atoms with van der Waals surface area (Å²) in [6, 6.07) is 30.6. The van der Waals surface area contributed by atoms with Gasteiger partial charge in [0.2, 0.25) is 0 Å². The van der Waals surface area contributed by atoms with E-state index in [-0.39, 0.29) is 0 Å². The maximum atomic E-state index is 11.1. The highest BCUT2D eigenvalue weighted by Gasteiger charge is 2.13. The molecule has 0 aromatic heterocycles. The summed E-state index contributed by atoms with van der Waals surface area (Å²) in [5.74, 6) is 0.429. The molecule has 32 heavy (non-hydrogen) atoms. The van der Waals surface area contributed by atoms with E-state index >= 15 is 0 Å². The smallest absolute Gasteiger partial charge is 0.409 e. The number of nitrogens with two attached hydrogens (primary N) is 1. The van der Waals surface area contributed by atoms with Crippen molar-refractivity contribution >= 4 is 39.1 Å². The summed E-state index contributed by atoms with van der Waals surface area (Å²) in [6.45, 7) is 4.11. The number of amides is 1. The molecule has 4 aromatic carbocycles. The Morgan fingerprint density at radius 1 is 0.781 bits per heavy atom. The zero-order valence-electron chi connectivity index (χ0n) is 17.9. The highest BCUT2D eigenvalue weighted by atomic mass is 79.9. The van der Waals surface area contributed by atoms with Crippen molar-refractivity contribution in [1.29, 1.82) is 0 Å². The number of aryl methyl sites for hydroxylation is 2. The van der Waals surface area contributed by atoms with Crippen molar-refractivity contribution in [3.63, 3.8) is 0 Å². The zero-order chi connectivity index (χ0) is 22.7. The number of hydrogen-bond donors (Lipinski definition) is 1. The number of halogens is 1. The molecule has 0 heterocycles. The number of anilines is 3. The van der Waals surface area contributed by atoms with Gasteiger partial charge in [0.15, 0.2) is 0 Å². The van der Waals surface area contributed by atoms with Crippen molar-refractivity contribution in [1.82, 2.24) is 0 Å². The van der Waals surface area contributed by atoms with Crippen molar-refractivity contribution in [2.45, 2.75) is 13.8 Å². The molecule has 4 aromatic rings. The van der Waals surface area contributed by atoms with Crippen LogP contribution >= 0.6 is 15.9 Å². The number of benzene rings is 4. The first-order valence-electron chi connectivity index (χ1n) is 10.2. The predicted octanol–water partition coefficient (Wildman–Crippen LogP) is 7.66. The number of nitrogens with zero attached hydrogens (tertiary/aromatic N) is 1. The molecule has 0 bridgehead atoms. The molecule has 0 atom stereocenters. The molecule has 0 aliphatic rings. The first-order valence-corrected chi connectivity index (χ1v) is 11.0. The monoisotopic (exact) mass is 486 g/mol. The Bertz CT molecular complexity index is 1190. The normalized spacial score (nSPS) is 10.6. The van der Waals surface area contributed by atoms with E-state index in [0.717, 1.165) is 38.2 Å². The van der Waals surface area contributed by atoms with Crippen molar-refractivity contribution < 1.29 is 9.53 Å². The van der Waals surface area contributed by atoms with E-state index in [4.69, 9.17) is 10.5 Å². The maximum absolute atomic E-state index is 11.1. The second kappa shape index (κ2) is 9.28. The van der Waals surface area contributed by atoms with E-state index in [9.17, 15) is 4.79 Å². The summed E-state index contributed by atoms with van der Waals surface area (Å²) < 4.78 is 6.09. The van der Waals surface area contributed by atoms with Gasteiger partial charge in [0.1, 0.15) is 5.75 Å². The quantitative estimate of drug-likeness (QED) is 0.314. The van der Waals surface area contributed by atoms with E-state index in [2.05, 4.69) is 88.4 Å². The summed E-state index contributed by atoms with van der Waals surface area (Å²) in [6.07, 6.45) is -0.821. The minimum atomic E-state index is -0.821. The molecule has 4 rings (SSSR count). The molecule has 0 unspecified atom stereocenters. The summed E-state index contributed by atoms with van der Waals surface area (Å²) in [4.78, 5) is 13.3. The Kier molecular flexibility index (Phi) is 6.28. The van der Waals surface area contributed by atoms with Crippen LogP contribution in [0.15, 0.2) is 95.5 Å². The van der Waals surface area contributed by atoms with E-state index in [1.165, 1.54) is 5.56 Å². The first-order chi connectivity index (χ1) is 15.4. The van der Waals surface area contributed by atoms with Crippen LogP contribution in [0.25, 0.3) is 11.1 Å². The summed E-state index contributed by atoms with van der Waals surface area (Å²) in [7, 11) is 0. The molecule has 0 radical (unpaired) electrons. The van der Waals surface area contributed by atoms with Gasteiger partial charge in [-0.15, -0.1) is 0 Å². The average Bonchev–Trinajstić information content (AvgIpc) is 2.78. The van der Waals surface area contributed by atoms with Gasteiger partial charge in [0.25, 0.3) is 0 Å². The number of primary amides is 1. The highest BCUT2D eigenvalue weighted by Crippen LogP contribution is 2.37. The molecule has 0 fully saturated rings. The fraction of sp³-hybridized carbons (Fsp3) is 0.0741. The van der Waals surface area contributed by atoms with Crippen LogP contribution in [-0.4, -0.2) is 6.09 Å². The van der Waals surface area contributed by atoms with Gasteiger partial charge < -0.3 is 15.4 Å². The lowest BCUT2D eigenvalue weighted by Gasteiger charge is -2.26. The highest BCUT2D eigenvalue weighted by molar-refractivity contribution is 9.10. The van der Waals surface area contributed by atoms with Gasteiger partial charge in [-0.1, -0.05) is 51.8 Å². The third-order valence-electron chi connectivity index (χ3n) is 5.24. The third-order valence-corrected chi connectivity index (χ3v) is 5.77. The number of carbonyl (C=O) groups excluding carboxylic acids is 1. The number of hydrogen-bond acceptors (Lipinski definition) is 3. The van der Waals surface area contributed by atoms with Gasteiger partial charge in [0, 0.05) is 21.5 Å². The lowest BCUT2D eigenvalue weighted by molar-refractivity contribution is 0.211. The molecule has 0 aliphatic carbocycles. The molecule has 4 nitrogen and oxygen atoms in total. The fourth-order valence-corrected chi connectivity index (χ4v) is 3.88. The van der Waals surface area contributed by atoms with Crippen molar-refractivity contribution in [2.75, 3.05) is 4.90 Å². The number of rotatable bonds is 5. The maximum Gasteiger partial charge on any atom is 0.409 e. The lowest BCUT2D eigenvalue weighted by Crippen LogP contribution is -2.16. The van der Waals surface area contributed by atoms with Crippen LogP contribution in [0.4, 0.5) is 21.9 Å². The molecule has 0 saturated carbocycles. The molecule has 2 N–H and O–H groups in total. The molecule has 0 spiro atoms. The average molecular weight is 487 g/mol. The Labute approximate surface area is 196 Å². The Morgan fingerprint density at radius 3 is 1.88 bits per heavy atom. The molecule has 1 amide bonds. The van der Waals surface area contributed by atoms with Gasteiger partial charge in [-0.2, -0.15) is 0 Å². The molecule has 160 valence electrons. The van der Waals surface area contributed by atoms with Gasteiger partial charge in [-0.25, -0.2) is 4.79 Å². The first kappa shape index (κ1) is 21.7. The van der Waals surface area contributed by atoms with Gasteiger partial charge in [-0.05, 0) is 91.2 Å². The zero-order valence-corrected chi connectivity index (χ0v) is 19.5. The molecule has 5 heteroatoms. The SMILES string of the molecule is Cc1ccc(N(c2ccc(Br)cc2)c2ccc(-c3cc(OC(N)=O)ccc3C)cc2)cc1. The van der Waals surface area contributed by atoms with Crippen molar-refractivity contribution in [3.05, 3.63) is 107 Å².